The third-order valence-corrected chi connectivity index (χ3v) is 4.02. The van der Waals surface area contributed by atoms with Crippen molar-refractivity contribution in [3.63, 3.8) is 0 Å². The van der Waals surface area contributed by atoms with Crippen LogP contribution in [0.1, 0.15) is 33.1 Å². The van der Waals surface area contributed by atoms with Gasteiger partial charge in [0.05, 0.1) is 19.0 Å². The molecule has 0 saturated carbocycles. The lowest BCUT2D eigenvalue weighted by Gasteiger charge is -2.34. The molecule has 0 aromatic carbocycles. The summed E-state index contributed by atoms with van der Waals surface area (Å²) < 4.78 is 38.6. The number of ether oxygens (including phenoxy) is 2. The van der Waals surface area contributed by atoms with Gasteiger partial charge in [-0.15, -0.1) is 0 Å². The van der Waals surface area contributed by atoms with Crippen LogP contribution >= 0.6 is 0 Å². The third-order valence-electron chi connectivity index (χ3n) is 3.46. The van der Waals surface area contributed by atoms with Crippen LogP contribution in [0.5, 0.6) is 0 Å². The fourth-order valence-electron chi connectivity index (χ4n) is 2.50. The van der Waals surface area contributed by atoms with Crippen molar-refractivity contribution in [3.8, 4) is 0 Å². The average molecular weight is 264 g/mol. The van der Waals surface area contributed by atoms with Crippen molar-refractivity contribution in [1.29, 1.82) is 0 Å². The summed E-state index contributed by atoms with van der Waals surface area (Å²) in [5, 5.41) is 0. The smallest absolute Gasteiger partial charge is 0.264 e. The van der Waals surface area contributed by atoms with E-state index in [-0.39, 0.29) is 24.7 Å². The van der Waals surface area contributed by atoms with E-state index in [4.69, 9.17) is 13.7 Å². The van der Waals surface area contributed by atoms with Crippen LogP contribution in [0.2, 0.25) is 0 Å². The molecular weight excluding hydrogens is 244 g/mol. The summed E-state index contributed by atoms with van der Waals surface area (Å²) in [4.78, 5) is 0. The number of hydrogen-bond donors (Lipinski definition) is 0. The zero-order valence-corrected chi connectivity index (χ0v) is 11.3. The van der Waals surface area contributed by atoms with Crippen molar-refractivity contribution in [2.24, 2.45) is 5.92 Å². The summed E-state index contributed by atoms with van der Waals surface area (Å²) in [6.07, 6.45) is 3.58. The minimum atomic E-state index is -3.42. The molecule has 0 aromatic heterocycles. The van der Waals surface area contributed by atoms with Crippen molar-refractivity contribution in [1.82, 2.24) is 0 Å². The Balaban J connectivity index is 2.02. The van der Waals surface area contributed by atoms with Crippen molar-refractivity contribution in [2.75, 3.05) is 12.9 Å². The predicted octanol–water partition coefficient (Wildman–Crippen LogP) is 1.28. The molecule has 2 aliphatic heterocycles. The van der Waals surface area contributed by atoms with Crippen molar-refractivity contribution < 1.29 is 22.1 Å². The van der Waals surface area contributed by atoms with E-state index in [0.29, 0.717) is 0 Å². The van der Waals surface area contributed by atoms with Crippen LogP contribution in [0, 0.1) is 5.92 Å². The molecule has 0 radical (unpaired) electrons. The Labute approximate surface area is 103 Å². The lowest BCUT2D eigenvalue weighted by molar-refractivity contribution is -0.221. The summed E-state index contributed by atoms with van der Waals surface area (Å²) in [5.41, 5.74) is 0. The standard InChI is InChI=1S/C11H20O5S/c1-8(2)11-6-4-5-9(15-11)10(16-11)7-14-17(3,12)13/h8-10H,4-7H2,1-3H3/t9-,10+,11?/m0/s1. The molecule has 2 fully saturated rings. The Morgan fingerprint density at radius 2 is 2.12 bits per heavy atom. The van der Waals surface area contributed by atoms with E-state index in [9.17, 15) is 8.42 Å². The van der Waals surface area contributed by atoms with Gasteiger partial charge in [-0.05, 0) is 12.8 Å². The molecule has 6 heteroatoms. The largest absolute Gasteiger partial charge is 0.344 e. The normalized spacial score (nSPS) is 37.6. The van der Waals surface area contributed by atoms with Gasteiger partial charge >= 0.3 is 0 Å². The van der Waals surface area contributed by atoms with E-state index in [1.165, 1.54) is 0 Å². The Morgan fingerprint density at radius 3 is 2.65 bits per heavy atom. The first kappa shape index (κ1) is 13.3. The quantitative estimate of drug-likeness (QED) is 0.716. The molecule has 2 heterocycles. The lowest BCUT2D eigenvalue weighted by atomic mass is 9.94. The van der Waals surface area contributed by atoms with Crippen LogP contribution < -0.4 is 0 Å². The Kier molecular flexibility index (Phi) is 3.51. The lowest BCUT2D eigenvalue weighted by Crippen LogP contribution is -2.39. The van der Waals surface area contributed by atoms with Crippen LogP contribution in [-0.2, 0) is 23.8 Å². The zero-order valence-electron chi connectivity index (χ0n) is 10.5. The van der Waals surface area contributed by atoms with E-state index in [1.807, 2.05) is 0 Å². The van der Waals surface area contributed by atoms with Crippen LogP contribution in [-0.4, -0.2) is 39.3 Å². The maximum atomic E-state index is 11.0. The van der Waals surface area contributed by atoms with Crippen LogP contribution in [0.25, 0.3) is 0 Å². The molecule has 0 amide bonds. The highest BCUT2D eigenvalue weighted by Gasteiger charge is 2.52. The second-order valence-electron chi connectivity index (χ2n) is 5.16. The number of rotatable bonds is 4. The molecule has 3 atom stereocenters. The minimum absolute atomic E-state index is 0.0344. The highest BCUT2D eigenvalue weighted by Crippen LogP contribution is 2.44. The maximum Gasteiger partial charge on any atom is 0.264 e. The average Bonchev–Trinajstić information content (AvgIpc) is 2.47. The molecule has 0 spiro atoms. The third kappa shape index (κ3) is 2.81. The highest BCUT2D eigenvalue weighted by atomic mass is 32.2. The monoisotopic (exact) mass is 264 g/mol. The molecule has 0 N–H and O–H groups in total. The maximum absolute atomic E-state index is 11.0. The molecule has 1 unspecified atom stereocenters. The summed E-state index contributed by atoms with van der Waals surface area (Å²) >= 11 is 0. The molecule has 2 saturated heterocycles. The molecule has 2 aliphatic rings. The Hall–Kier alpha value is -0.170. The van der Waals surface area contributed by atoms with Crippen LogP contribution in [0.4, 0.5) is 0 Å². The molecule has 2 rings (SSSR count). The molecule has 2 bridgehead atoms. The summed E-state index contributed by atoms with van der Waals surface area (Å²) in [6.45, 7) is 4.17. The second-order valence-corrected chi connectivity index (χ2v) is 6.80. The zero-order chi connectivity index (χ0) is 12.7. The van der Waals surface area contributed by atoms with Crippen molar-refractivity contribution in [2.45, 2.75) is 51.1 Å². The summed E-state index contributed by atoms with van der Waals surface area (Å²) in [7, 11) is -3.42. The van der Waals surface area contributed by atoms with Gasteiger partial charge in [-0.1, -0.05) is 13.8 Å². The molecular formula is C11H20O5S. The van der Waals surface area contributed by atoms with E-state index in [2.05, 4.69) is 13.8 Å². The van der Waals surface area contributed by atoms with E-state index in [0.717, 1.165) is 25.5 Å². The van der Waals surface area contributed by atoms with Gasteiger partial charge in [0.15, 0.2) is 5.79 Å². The van der Waals surface area contributed by atoms with Gasteiger partial charge in [-0.2, -0.15) is 8.42 Å². The van der Waals surface area contributed by atoms with Gasteiger partial charge in [0, 0.05) is 12.3 Å². The SMILES string of the molecule is CC(C)C12CCC[C@H](O1)[C@@H](COS(C)(=O)=O)O2. The van der Waals surface area contributed by atoms with E-state index < -0.39 is 15.9 Å². The van der Waals surface area contributed by atoms with Crippen LogP contribution in [0.3, 0.4) is 0 Å². The fraction of sp³-hybridized carbons (Fsp3) is 1.00. The fourth-order valence-corrected chi connectivity index (χ4v) is 2.88. The van der Waals surface area contributed by atoms with Crippen molar-refractivity contribution >= 4 is 10.1 Å². The first-order chi connectivity index (χ1) is 7.82. The second kappa shape index (κ2) is 4.50. The highest BCUT2D eigenvalue weighted by molar-refractivity contribution is 7.85. The predicted molar refractivity (Wildman–Crippen MR) is 62.0 cm³/mol. The van der Waals surface area contributed by atoms with Gasteiger partial charge in [-0.25, -0.2) is 0 Å². The number of hydrogen-bond acceptors (Lipinski definition) is 5. The van der Waals surface area contributed by atoms with Crippen molar-refractivity contribution in [3.05, 3.63) is 0 Å². The molecule has 5 nitrogen and oxygen atoms in total. The molecule has 0 aliphatic carbocycles. The summed E-state index contributed by atoms with van der Waals surface area (Å²) in [5.74, 6) is -0.275. The van der Waals surface area contributed by atoms with Gasteiger partial charge in [-0.3, -0.25) is 4.18 Å². The first-order valence-corrected chi connectivity index (χ1v) is 7.84. The Bertz CT molecular complexity index is 377. The Morgan fingerprint density at radius 1 is 1.41 bits per heavy atom. The van der Waals surface area contributed by atoms with Gasteiger partial charge in [0.2, 0.25) is 0 Å². The van der Waals surface area contributed by atoms with E-state index in [1.54, 1.807) is 0 Å². The topological polar surface area (TPSA) is 61.8 Å². The van der Waals surface area contributed by atoms with Crippen LogP contribution in [0.15, 0.2) is 0 Å². The molecule has 17 heavy (non-hydrogen) atoms. The van der Waals surface area contributed by atoms with Gasteiger partial charge in [0.25, 0.3) is 10.1 Å². The molecule has 100 valence electrons. The summed E-state index contributed by atoms with van der Waals surface area (Å²) in [6, 6.07) is 0. The van der Waals surface area contributed by atoms with Gasteiger partial charge in [0.1, 0.15) is 6.10 Å². The van der Waals surface area contributed by atoms with Gasteiger partial charge < -0.3 is 9.47 Å². The minimum Gasteiger partial charge on any atom is -0.344 e. The first-order valence-electron chi connectivity index (χ1n) is 6.02. The van der Waals surface area contributed by atoms with E-state index >= 15 is 0 Å². The molecule has 0 aromatic rings. The number of fused-ring (bicyclic) bond motifs is 2.